The van der Waals surface area contributed by atoms with Gasteiger partial charge in [0.05, 0.1) is 0 Å². The van der Waals surface area contributed by atoms with Crippen LogP contribution in [-0.2, 0) is 0 Å². The SMILES string of the molecule is CNC1(C)CCN(C2CCCN(C)C2)CC1. The molecule has 2 rings (SSSR count). The summed E-state index contributed by atoms with van der Waals surface area (Å²) in [6, 6.07) is 0.820. The summed E-state index contributed by atoms with van der Waals surface area (Å²) in [5.74, 6) is 0. The van der Waals surface area contributed by atoms with Gasteiger partial charge in [0.1, 0.15) is 0 Å². The van der Waals surface area contributed by atoms with E-state index in [1.54, 1.807) is 0 Å². The Morgan fingerprint density at radius 1 is 1.19 bits per heavy atom. The lowest BCUT2D eigenvalue weighted by molar-refractivity contribution is 0.0672. The first-order chi connectivity index (χ1) is 7.63. The molecule has 2 heterocycles. The maximum Gasteiger partial charge on any atom is 0.0223 e. The van der Waals surface area contributed by atoms with Crippen molar-refractivity contribution in [2.45, 2.75) is 44.2 Å². The van der Waals surface area contributed by atoms with Crippen molar-refractivity contribution in [2.75, 3.05) is 40.3 Å². The normalized spacial score (nSPS) is 32.8. The fourth-order valence-corrected chi connectivity index (χ4v) is 3.07. The quantitative estimate of drug-likeness (QED) is 0.761. The number of piperidine rings is 2. The van der Waals surface area contributed by atoms with Crippen molar-refractivity contribution in [1.29, 1.82) is 0 Å². The van der Waals surface area contributed by atoms with Crippen molar-refractivity contribution in [3.05, 3.63) is 0 Å². The molecule has 16 heavy (non-hydrogen) atoms. The van der Waals surface area contributed by atoms with Gasteiger partial charge in [-0.25, -0.2) is 0 Å². The van der Waals surface area contributed by atoms with E-state index in [4.69, 9.17) is 0 Å². The van der Waals surface area contributed by atoms with Crippen molar-refractivity contribution in [2.24, 2.45) is 0 Å². The second-order valence-corrected chi connectivity index (χ2v) is 5.90. The van der Waals surface area contributed by atoms with Gasteiger partial charge in [-0.3, -0.25) is 4.90 Å². The predicted octanol–water partition coefficient (Wildman–Crippen LogP) is 1.15. The summed E-state index contributed by atoms with van der Waals surface area (Å²) in [5, 5.41) is 3.48. The van der Waals surface area contributed by atoms with Gasteiger partial charge in [0.25, 0.3) is 0 Å². The molecule has 0 aromatic heterocycles. The van der Waals surface area contributed by atoms with Crippen molar-refractivity contribution in [1.82, 2.24) is 15.1 Å². The minimum atomic E-state index is 0.386. The molecule has 3 heteroatoms. The molecule has 3 nitrogen and oxygen atoms in total. The van der Waals surface area contributed by atoms with E-state index in [1.165, 1.54) is 51.9 Å². The lowest BCUT2D eigenvalue weighted by Crippen LogP contribution is -2.55. The van der Waals surface area contributed by atoms with E-state index in [-0.39, 0.29) is 0 Å². The summed E-state index contributed by atoms with van der Waals surface area (Å²) in [6.45, 7) is 7.47. The number of likely N-dealkylation sites (tertiary alicyclic amines) is 2. The number of nitrogens with zero attached hydrogens (tertiary/aromatic N) is 2. The van der Waals surface area contributed by atoms with Crippen molar-refractivity contribution < 1.29 is 0 Å². The number of nitrogens with one attached hydrogen (secondary N) is 1. The summed E-state index contributed by atoms with van der Waals surface area (Å²) in [5.41, 5.74) is 0.386. The summed E-state index contributed by atoms with van der Waals surface area (Å²) < 4.78 is 0. The van der Waals surface area contributed by atoms with Gasteiger partial charge < -0.3 is 10.2 Å². The summed E-state index contributed by atoms with van der Waals surface area (Å²) in [4.78, 5) is 5.20. The van der Waals surface area contributed by atoms with Crippen LogP contribution in [0.3, 0.4) is 0 Å². The standard InChI is InChI=1S/C13H27N3/c1-13(14-2)6-9-16(10-7-13)12-5-4-8-15(3)11-12/h12,14H,4-11H2,1-3H3. The molecule has 0 saturated carbocycles. The molecule has 1 N–H and O–H groups in total. The van der Waals surface area contributed by atoms with E-state index < -0.39 is 0 Å². The zero-order valence-electron chi connectivity index (χ0n) is 11.1. The van der Waals surface area contributed by atoms with Gasteiger partial charge in [0, 0.05) is 31.2 Å². The highest BCUT2D eigenvalue weighted by atomic mass is 15.2. The highest BCUT2D eigenvalue weighted by Crippen LogP contribution is 2.25. The Hall–Kier alpha value is -0.120. The zero-order valence-corrected chi connectivity index (χ0v) is 11.1. The van der Waals surface area contributed by atoms with E-state index in [0.29, 0.717) is 5.54 Å². The first-order valence-electron chi connectivity index (χ1n) is 6.74. The Kier molecular flexibility index (Phi) is 3.88. The van der Waals surface area contributed by atoms with Crippen molar-refractivity contribution in [3.63, 3.8) is 0 Å². The molecule has 0 amide bonds. The Bertz CT molecular complexity index is 221. The van der Waals surface area contributed by atoms with Crippen LogP contribution < -0.4 is 5.32 Å². The van der Waals surface area contributed by atoms with Gasteiger partial charge in [-0.05, 0) is 53.2 Å². The van der Waals surface area contributed by atoms with Crippen LogP contribution in [0.4, 0.5) is 0 Å². The lowest BCUT2D eigenvalue weighted by atomic mass is 9.88. The Morgan fingerprint density at radius 2 is 1.88 bits per heavy atom. The van der Waals surface area contributed by atoms with Crippen LogP contribution in [-0.4, -0.2) is 61.7 Å². The van der Waals surface area contributed by atoms with Crippen LogP contribution in [0.5, 0.6) is 0 Å². The van der Waals surface area contributed by atoms with Gasteiger partial charge in [0.2, 0.25) is 0 Å². The Balaban J connectivity index is 1.84. The average Bonchev–Trinajstić information content (AvgIpc) is 2.30. The molecule has 2 fully saturated rings. The third kappa shape index (κ3) is 2.76. The minimum absolute atomic E-state index is 0.386. The van der Waals surface area contributed by atoms with Crippen LogP contribution in [0.15, 0.2) is 0 Å². The number of hydrogen-bond acceptors (Lipinski definition) is 3. The molecule has 2 saturated heterocycles. The van der Waals surface area contributed by atoms with Crippen molar-refractivity contribution in [3.8, 4) is 0 Å². The molecular weight excluding hydrogens is 198 g/mol. The van der Waals surface area contributed by atoms with Crippen LogP contribution >= 0.6 is 0 Å². The molecule has 0 aromatic carbocycles. The van der Waals surface area contributed by atoms with E-state index in [0.717, 1.165) is 6.04 Å². The van der Waals surface area contributed by atoms with E-state index in [1.807, 2.05) is 0 Å². The molecule has 94 valence electrons. The molecular formula is C13H27N3. The monoisotopic (exact) mass is 225 g/mol. The molecule has 0 bridgehead atoms. The van der Waals surface area contributed by atoms with E-state index in [2.05, 4.69) is 36.1 Å². The summed E-state index contributed by atoms with van der Waals surface area (Å²) >= 11 is 0. The molecule has 0 spiro atoms. The molecule has 0 radical (unpaired) electrons. The maximum absolute atomic E-state index is 3.48. The zero-order chi connectivity index (χ0) is 11.6. The first-order valence-corrected chi connectivity index (χ1v) is 6.74. The molecule has 0 aliphatic carbocycles. The number of rotatable bonds is 2. The van der Waals surface area contributed by atoms with E-state index in [9.17, 15) is 0 Å². The Morgan fingerprint density at radius 3 is 2.44 bits per heavy atom. The van der Waals surface area contributed by atoms with Gasteiger partial charge in [0.15, 0.2) is 0 Å². The second-order valence-electron chi connectivity index (χ2n) is 5.90. The summed E-state index contributed by atoms with van der Waals surface area (Å²) in [7, 11) is 4.36. The first kappa shape index (κ1) is 12.3. The minimum Gasteiger partial charge on any atom is -0.314 e. The molecule has 0 aromatic rings. The molecule has 2 aliphatic rings. The lowest BCUT2D eigenvalue weighted by Gasteiger charge is -2.45. The fraction of sp³-hybridized carbons (Fsp3) is 1.00. The average molecular weight is 225 g/mol. The molecule has 1 unspecified atom stereocenters. The van der Waals surface area contributed by atoms with Crippen molar-refractivity contribution >= 4 is 0 Å². The second kappa shape index (κ2) is 5.03. The third-order valence-corrected chi connectivity index (χ3v) is 4.62. The van der Waals surface area contributed by atoms with Gasteiger partial charge in [-0.1, -0.05) is 0 Å². The van der Waals surface area contributed by atoms with Crippen LogP contribution in [0.2, 0.25) is 0 Å². The van der Waals surface area contributed by atoms with Gasteiger partial charge in [-0.2, -0.15) is 0 Å². The number of hydrogen-bond donors (Lipinski definition) is 1. The van der Waals surface area contributed by atoms with Crippen LogP contribution in [0.1, 0.15) is 32.6 Å². The number of likely N-dealkylation sites (N-methyl/N-ethyl adjacent to an activating group) is 1. The van der Waals surface area contributed by atoms with Gasteiger partial charge in [-0.15, -0.1) is 0 Å². The summed E-state index contributed by atoms with van der Waals surface area (Å²) in [6.07, 6.45) is 5.37. The van der Waals surface area contributed by atoms with Crippen LogP contribution in [0.25, 0.3) is 0 Å². The molecule has 1 atom stereocenters. The highest BCUT2D eigenvalue weighted by Gasteiger charge is 2.32. The topological polar surface area (TPSA) is 18.5 Å². The Labute approximate surface area is 100 Å². The highest BCUT2D eigenvalue weighted by molar-refractivity contribution is 4.91. The molecule has 2 aliphatic heterocycles. The fourth-order valence-electron chi connectivity index (χ4n) is 3.07. The largest absolute Gasteiger partial charge is 0.314 e. The van der Waals surface area contributed by atoms with E-state index >= 15 is 0 Å². The maximum atomic E-state index is 3.48. The van der Waals surface area contributed by atoms with Gasteiger partial charge >= 0.3 is 0 Å². The van der Waals surface area contributed by atoms with Crippen LogP contribution in [0, 0.1) is 0 Å². The smallest absolute Gasteiger partial charge is 0.0223 e. The predicted molar refractivity (Wildman–Crippen MR) is 68.8 cm³/mol. The third-order valence-electron chi connectivity index (χ3n) is 4.62.